The summed E-state index contributed by atoms with van der Waals surface area (Å²) in [6.07, 6.45) is -1.79. The Morgan fingerprint density at radius 1 is 0.647 bits per heavy atom. The lowest BCUT2D eigenvalue weighted by Gasteiger charge is -2.17. The van der Waals surface area contributed by atoms with E-state index >= 15 is 0 Å². The molecule has 0 aromatic rings. The van der Waals surface area contributed by atoms with Crippen LogP contribution in [0.15, 0.2) is 0 Å². The van der Waals surface area contributed by atoms with Gasteiger partial charge in [0, 0.05) is 37.8 Å². The average Bonchev–Trinajstić information content (AvgIpc) is 2.80. The number of hydrogen-bond donors (Lipinski definition) is 0. The molecule has 0 aliphatic carbocycles. The Hall–Kier alpha value is -1.59. The van der Waals surface area contributed by atoms with Crippen molar-refractivity contribution in [3.63, 3.8) is 0 Å². The zero-order valence-electron chi connectivity index (χ0n) is 19.4. The zero-order valence-corrected chi connectivity index (χ0v) is 21.1. The van der Waals surface area contributed by atoms with E-state index in [4.69, 9.17) is 37.9 Å². The third kappa shape index (κ3) is 22.2. The smallest absolute Gasteiger partial charge is 0.432 e. The fourth-order valence-electron chi connectivity index (χ4n) is 2.18. The van der Waals surface area contributed by atoms with Gasteiger partial charge in [0.05, 0.1) is 65.1 Å². The highest BCUT2D eigenvalue weighted by atomic mass is 32.2. The summed E-state index contributed by atoms with van der Waals surface area (Å²) in [5, 5.41) is 2.11. The van der Waals surface area contributed by atoms with E-state index in [0.717, 1.165) is 10.7 Å². The average molecular weight is 535 g/mol. The molecule has 0 bridgehead atoms. The van der Waals surface area contributed by atoms with Gasteiger partial charge < -0.3 is 37.9 Å². The number of carbonyl (C=O) groups is 1. The predicted molar refractivity (Wildman–Crippen MR) is 121 cm³/mol. The Bertz CT molecular complexity index is 700. The summed E-state index contributed by atoms with van der Waals surface area (Å²) in [5.41, 5.74) is 0. The first-order valence-corrected chi connectivity index (χ1v) is 12.7. The van der Waals surface area contributed by atoms with E-state index in [1.807, 2.05) is 0 Å². The van der Waals surface area contributed by atoms with Gasteiger partial charge in [0.2, 0.25) is 20.6 Å². The molecule has 15 heteroatoms. The molecule has 0 rings (SSSR count). The van der Waals surface area contributed by atoms with Crippen molar-refractivity contribution in [2.45, 2.75) is 25.0 Å². The molecule has 0 N–H and O–H groups in total. The lowest BCUT2D eigenvalue weighted by atomic mass is 10.3. The molecule has 0 spiro atoms. The molecule has 0 saturated heterocycles. The second-order valence-electron chi connectivity index (χ2n) is 6.39. The quantitative estimate of drug-likeness (QED) is 0.0983. The van der Waals surface area contributed by atoms with Gasteiger partial charge in [0.15, 0.2) is 0 Å². The van der Waals surface area contributed by atoms with Crippen molar-refractivity contribution >= 4 is 37.5 Å². The van der Waals surface area contributed by atoms with Gasteiger partial charge in [-0.2, -0.15) is 16.8 Å². The summed E-state index contributed by atoms with van der Waals surface area (Å²) in [6.45, 7) is 1.51. The van der Waals surface area contributed by atoms with Crippen molar-refractivity contribution in [2.75, 3.05) is 80.3 Å². The lowest BCUT2D eigenvalue weighted by molar-refractivity contribution is -0.0494. The molecule has 0 saturated carbocycles. The molecule has 0 fully saturated rings. The standard InChI is InChI=1S/C19H34O13S2/c1-25-5-7-27-15-17(3-13-33(21)22)29-9-11-31-19(20)32-12-10-30-18(4-14-34(23)24)16-28-8-6-26-2/h13-14,17-18H,3-12,15-16H2,1-2H3. The summed E-state index contributed by atoms with van der Waals surface area (Å²) < 4.78 is 83.9. The van der Waals surface area contributed by atoms with Crippen LogP contribution >= 0.6 is 0 Å². The molecule has 0 radical (unpaired) electrons. The minimum Gasteiger partial charge on any atom is -0.432 e. The monoisotopic (exact) mass is 534 g/mol. The van der Waals surface area contributed by atoms with Crippen molar-refractivity contribution in [3.8, 4) is 0 Å². The van der Waals surface area contributed by atoms with Gasteiger partial charge in [-0.05, 0) is 0 Å². The number of ether oxygens (including phenoxy) is 8. The maximum Gasteiger partial charge on any atom is 0.508 e. The van der Waals surface area contributed by atoms with E-state index in [-0.39, 0.29) is 52.5 Å². The van der Waals surface area contributed by atoms with Crippen LogP contribution in [0.1, 0.15) is 12.8 Å². The van der Waals surface area contributed by atoms with Crippen LogP contribution in [0.4, 0.5) is 4.79 Å². The second kappa shape index (κ2) is 23.2. The molecule has 200 valence electrons. The number of carbonyl (C=O) groups excluding carboxylic acids is 1. The minimum atomic E-state index is -2.32. The molecule has 34 heavy (non-hydrogen) atoms. The number of rotatable bonds is 22. The Balaban J connectivity index is 4.15. The first-order chi connectivity index (χ1) is 16.4. The van der Waals surface area contributed by atoms with Crippen LogP contribution in [0.3, 0.4) is 0 Å². The predicted octanol–water partition coefficient (Wildman–Crippen LogP) is -0.621. The Morgan fingerprint density at radius 3 is 1.41 bits per heavy atom. The maximum atomic E-state index is 11.6. The van der Waals surface area contributed by atoms with E-state index < -0.39 is 38.9 Å². The first kappa shape index (κ1) is 32.4. The minimum absolute atomic E-state index is 0.00624. The molecule has 0 aliphatic rings. The molecular formula is C19H34O13S2. The van der Waals surface area contributed by atoms with Crippen molar-refractivity contribution in [3.05, 3.63) is 0 Å². The normalized spacial score (nSPS) is 12.5. The molecule has 0 amide bonds. The molecule has 2 atom stereocenters. The third-order valence-electron chi connectivity index (χ3n) is 3.78. The summed E-state index contributed by atoms with van der Waals surface area (Å²) >= 11 is 0. The molecule has 13 nitrogen and oxygen atoms in total. The molecule has 0 aromatic carbocycles. The molecule has 0 heterocycles. The van der Waals surface area contributed by atoms with Crippen LogP contribution < -0.4 is 0 Å². The van der Waals surface area contributed by atoms with Crippen LogP contribution in [-0.2, 0) is 58.5 Å². The molecular weight excluding hydrogens is 500 g/mol. The molecule has 0 aromatic heterocycles. The highest BCUT2D eigenvalue weighted by Crippen LogP contribution is 2.01. The van der Waals surface area contributed by atoms with Crippen molar-refractivity contribution in [1.82, 2.24) is 0 Å². The van der Waals surface area contributed by atoms with Crippen molar-refractivity contribution in [2.24, 2.45) is 0 Å². The highest BCUT2D eigenvalue weighted by Gasteiger charge is 2.12. The van der Waals surface area contributed by atoms with Crippen molar-refractivity contribution < 1.29 is 59.5 Å². The van der Waals surface area contributed by atoms with E-state index in [1.165, 1.54) is 14.2 Å². The highest BCUT2D eigenvalue weighted by molar-refractivity contribution is 7.71. The fourth-order valence-corrected chi connectivity index (χ4v) is 2.92. The Labute approximate surface area is 202 Å². The fraction of sp³-hybridized carbons (Fsp3) is 0.842. The van der Waals surface area contributed by atoms with Crippen LogP contribution in [0, 0.1) is 0 Å². The summed E-state index contributed by atoms with van der Waals surface area (Å²) in [5.74, 6) is 0. The molecule has 0 aliphatic heterocycles. The maximum absolute atomic E-state index is 11.6. The van der Waals surface area contributed by atoms with E-state index in [0.29, 0.717) is 26.4 Å². The van der Waals surface area contributed by atoms with E-state index in [9.17, 15) is 21.6 Å². The van der Waals surface area contributed by atoms with Gasteiger partial charge >= 0.3 is 6.16 Å². The van der Waals surface area contributed by atoms with E-state index in [1.54, 1.807) is 0 Å². The van der Waals surface area contributed by atoms with Crippen LogP contribution in [0.25, 0.3) is 0 Å². The van der Waals surface area contributed by atoms with Gasteiger partial charge in [0.25, 0.3) is 0 Å². The summed E-state index contributed by atoms with van der Waals surface area (Å²) in [6, 6.07) is 0. The lowest BCUT2D eigenvalue weighted by Crippen LogP contribution is -2.25. The van der Waals surface area contributed by atoms with Gasteiger partial charge in [-0.25, -0.2) is 4.79 Å². The summed E-state index contributed by atoms with van der Waals surface area (Å²) in [4.78, 5) is 11.6. The van der Waals surface area contributed by atoms with Crippen LogP contribution in [0.5, 0.6) is 0 Å². The SMILES string of the molecule is COCCOCC(CC=S(=O)=O)OCCOC(=O)OCCOC(CC=S(=O)=O)COCCOC. The Kier molecular flexibility index (Phi) is 22.1. The van der Waals surface area contributed by atoms with Crippen LogP contribution in [-0.4, -0.2) is 126 Å². The largest absolute Gasteiger partial charge is 0.508 e. The molecule has 2 unspecified atom stereocenters. The van der Waals surface area contributed by atoms with E-state index in [2.05, 4.69) is 0 Å². The number of hydrogen-bond acceptors (Lipinski definition) is 13. The first-order valence-electron chi connectivity index (χ1n) is 10.4. The third-order valence-corrected chi connectivity index (χ3v) is 4.70. The topological polar surface area (TPSA) is 159 Å². The van der Waals surface area contributed by atoms with Crippen LogP contribution in [0.2, 0.25) is 0 Å². The van der Waals surface area contributed by atoms with Crippen molar-refractivity contribution in [1.29, 1.82) is 0 Å². The van der Waals surface area contributed by atoms with Gasteiger partial charge in [-0.15, -0.1) is 0 Å². The second-order valence-corrected chi connectivity index (χ2v) is 8.10. The van der Waals surface area contributed by atoms with Gasteiger partial charge in [0.1, 0.15) is 13.2 Å². The van der Waals surface area contributed by atoms with Gasteiger partial charge in [-0.3, -0.25) is 0 Å². The van der Waals surface area contributed by atoms with Gasteiger partial charge in [-0.1, -0.05) is 0 Å². The Morgan fingerprint density at radius 2 is 1.06 bits per heavy atom. The number of methoxy groups -OCH3 is 2. The summed E-state index contributed by atoms with van der Waals surface area (Å²) in [7, 11) is -1.59. The zero-order chi connectivity index (χ0) is 25.4.